The number of carbonyl (C=O) groups is 1. The summed E-state index contributed by atoms with van der Waals surface area (Å²) in [6.07, 6.45) is 0. The molecule has 1 aliphatic heterocycles. The number of carbonyl (C=O) groups excluding carboxylic acids is 1. The predicted molar refractivity (Wildman–Crippen MR) is 90.5 cm³/mol. The van der Waals surface area contributed by atoms with Crippen molar-refractivity contribution in [1.82, 2.24) is 4.90 Å². The van der Waals surface area contributed by atoms with E-state index in [1.54, 1.807) is 0 Å². The molecule has 1 fully saturated rings. The van der Waals surface area contributed by atoms with Crippen LogP contribution in [0, 0.1) is 5.92 Å². The van der Waals surface area contributed by atoms with Gasteiger partial charge in [-0.1, -0.05) is 13.8 Å². The normalized spacial score (nSPS) is 15.2. The molecule has 0 spiro atoms. The lowest BCUT2D eigenvalue weighted by atomic mass is 10.1. The SMILES string of the molecule is CC(C)C(=O)N1CCN(c2ccc(NC(N)=S)cc2)CC1. The number of rotatable bonds is 3. The maximum Gasteiger partial charge on any atom is 0.225 e. The fourth-order valence-corrected chi connectivity index (χ4v) is 2.57. The summed E-state index contributed by atoms with van der Waals surface area (Å²) in [5.74, 6) is 0.313. The standard InChI is InChI=1S/C15H22N4OS/c1-11(2)14(20)19-9-7-18(8-10-19)13-5-3-12(4-6-13)17-15(16)21/h3-6,11H,7-10H2,1-2H3,(H3,16,17,21). The molecule has 0 saturated carbocycles. The fourth-order valence-electron chi connectivity index (χ4n) is 2.45. The van der Waals surface area contributed by atoms with E-state index in [0.717, 1.165) is 37.6 Å². The molecular weight excluding hydrogens is 284 g/mol. The summed E-state index contributed by atoms with van der Waals surface area (Å²) in [6, 6.07) is 8.00. The van der Waals surface area contributed by atoms with E-state index in [2.05, 4.69) is 10.2 Å². The molecule has 1 saturated heterocycles. The molecule has 21 heavy (non-hydrogen) atoms. The number of nitrogens with zero attached hydrogens (tertiary/aromatic N) is 2. The molecule has 0 radical (unpaired) electrons. The van der Waals surface area contributed by atoms with Gasteiger partial charge in [0.1, 0.15) is 0 Å². The molecule has 0 aliphatic carbocycles. The Balaban J connectivity index is 1.93. The topological polar surface area (TPSA) is 61.6 Å². The predicted octanol–water partition coefficient (Wildman–Crippen LogP) is 1.65. The summed E-state index contributed by atoms with van der Waals surface area (Å²) in [5, 5.41) is 3.17. The van der Waals surface area contributed by atoms with Gasteiger partial charge in [0.15, 0.2) is 5.11 Å². The Hall–Kier alpha value is -1.82. The highest BCUT2D eigenvalue weighted by Crippen LogP contribution is 2.20. The Bertz CT molecular complexity index is 507. The number of benzene rings is 1. The molecule has 1 aromatic carbocycles. The molecule has 5 nitrogen and oxygen atoms in total. The van der Waals surface area contributed by atoms with Gasteiger partial charge in [0.2, 0.25) is 5.91 Å². The summed E-state index contributed by atoms with van der Waals surface area (Å²) in [5.41, 5.74) is 7.49. The number of thiocarbonyl (C=S) groups is 1. The monoisotopic (exact) mass is 306 g/mol. The van der Waals surface area contributed by atoms with E-state index in [4.69, 9.17) is 18.0 Å². The summed E-state index contributed by atoms with van der Waals surface area (Å²) in [6.45, 7) is 7.18. The Morgan fingerprint density at radius 2 is 1.76 bits per heavy atom. The van der Waals surface area contributed by atoms with Gasteiger partial charge in [0, 0.05) is 43.5 Å². The van der Waals surface area contributed by atoms with Gasteiger partial charge < -0.3 is 20.9 Å². The fraction of sp³-hybridized carbons (Fsp3) is 0.467. The van der Waals surface area contributed by atoms with E-state index in [9.17, 15) is 4.79 Å². The maximum atomic E-state index is 12.0. The minimum absolute atomic E-state index is 0.0713. The zero-order valence-electron chi connectivity index (χ0n) is 12.5. The van der Waals surface area contributed by atoms with Crippen LogP contribution < -0.4 is 16.0 Å². The molecule has 2 rings (SSSR count). The smallest absolute Gasteiger partial charge is 0.225 e. The van der Waals surface area contributed by atoms with Gasteiger partial charge in [-0.2, -0.15) is 0 Å². The highest BCUT2D eigenvalue weighted by molar-refractivity contribution is 7.80. The first kappa shape index (κ1) is 15.6. The van der Waals surface area contributed by atoms with Crippen molar-refractivity contribution in [2.45, 2.75) is 13.8 Å². The lowest BCUT2D eigenvalue weighted by molar-refractivity contribution is -0.134. The first-order chi connectivity index (χ1) is 9.97. The highest BCUT2D eigenvalue weighted by Gasteiger charge is 2.22. The second-order valence-corrected chi connectivity index (χ2v) is 5.94. The van der Waals surface area contributed by atoms with Crippen LogP contribution >= 0.6 is 12.2 Å². The molecule has 0 atom stereocenters. The van der Waals surface area contributed by atoms with Crippen LogP contribution in [0.5, 0.6) is 0 Å². The minimum Gasteiger partial charge on any atom is -0.376 e. The third-order valence-electron chi connectivity index (χ3n) is 3.59. The van der Waals surface area contributed by atoms with Crippen LogP contribution in [0.2, 0.25) is 0 Å². The van der Waals surface area contributed by atoms with Crippen molar-refractivity contribution >= 4 is 34.6 Å². The number of anilines is 2. The Morgan fingerprint density at radius 3 is 2.24 bits per heavy atom. The summed E-state index contributed by atoms with van der Waals surface area (Å²) < 4.78 is 0. The Kier molecular flexibility index (Phi) is 5.01. The van der Waals surface area contributed by atoms with E-state index < -0.39 is 0 Å². The summed E-state index contributed by atoms with van der Waals surface area (Å²) >= 11 is 4.81. The van der Waals surface area contributed by atoms with Gasteiger partial charge in [-0.3, -0.25) is 4.79 Å². The van der Waals surface area contributed by atoms with Crippen molar-refractivity contribution in [2.24, 2.45) is 11.7 Å². The van der Waals surface area contributed by atoms with Gasteiger partial charge in [-0.15, -0.1) is 0 Å². The van der Waals surface area contributed by atoms with Gasteiger partial charge in [-0.25, -0.2) is 0 Å². The van der Waals surface area contributed by atoms with E-state index in [0.29, 0.717) is 0 Å². The second-order valence-electron chi connectivity index (χ2n) is 5.50. The van der Waals surface area contributed by atoms with E-state index >= 15 is 0 Å². The number of hydrogen-bond acceptors (Lipinski definition) is 3. The lowest BCUT2D eigenvalue weighted by Gasteiger charge is -2.37. The summed E-state index contributed by atoms with van der Waals surface area (Å²) in [7, 11) is 0. The van der Waals surface area contributed by atoms with E-state index in [1.807, 2.05) is 43.0 Å². The lowest BCUT2D eigenvalue weighted by Crippen LogP contribution is -2.49. The first-order valence-corrected chi connectivity index (χ1v) is 7.58. The van der Waals surface area contributed by atoms with Crippen LogP contribution in [0.3, 0.4) is 0 Å². The van der Waals surface area contributed by atoms with Crippen molar-refractivity contribution in [3.8, 4) is 0 Å². The molecular formula is C15H22N4OS. The van der Waals surface area contributed by atoms with Crippen LogP contribution in [0.25, 0.3) is 0 Å². The van der Waals surface area contributed by atoms with Crippen molar-refractivity contribution in [3.05, 3.63) is 24.3 Å². The molecule has 0 aromatic heterocycles. The third-order valence-corrected chi connectivity index (χ3v) is 3.69. The average molecular weight is 306 g/mol. The number of nitrogens with one attached hydrogen (secondary N) is 1. The molecule has 6 heteroatoms. The molecule has 0 bridgehead atoms. The van der Waals surface area contributed by atoms with Crippen molar-refractivity contribution in [2.75, 3.05) is 36.4 Å². The van der Waals surface area contributed by atoms with Gasteiger partial charge in [-0.05, 0) is 36.5 Å². The highest BCUT2D eigenvalue weighted by atomic mass is 32.1. The van der Waals surface area contributed by atoms with E-state index in [1.165, 1.54) is 0 Å². The Labute approximate surface area is 131 Å². The van der Waals surface area contributed by atoms with Gasteiger partial charge in [0.05, 0.1) is 0 Å². The number of piperazine rings is 1. The van der Waals surface area contributed by atoms with Crippen LogP contribution in [-0.2, 0) is 4.79 Å². The largest absolute Gasteiger partial charge is 0.376 e. The maximum absolute atomic E-state index is 12.0. The van der Waals surface area contributed by atoms with E-state index in [-0.39, 0.29) is 16.9 Å². The molecule has 3 N–H and O–H groups in total. The average Bonchev–Trinajstić information content (AvgIpc) is 2.47. The zero-order valence-corrected chi connectivity index (χ0v) is 13.3. The molecule has 1 amide bonds. The van der Waals surface area contributed by atoms with Crippen molar-refractivity contribution < 1.29 is 4.79 Å². The van der Waals surface area contributed by atoms with Crippen LogP contribution in [0.4, 0.5) is 11.4 Å². The van der Waals surface area contributed by atoms with Crippen molar-refractivity contribution in [3.63, 3.8) is 0 Å². The van der Waals surface area contributed by atoms with Gasteiger partial charge in [0.25, 0.3) is 0 Å². The van der Waals surface area contributed by atoms with Crippen LogP contribution in [0.15, 0.2) is 24.3 Å². The molecule has 1 heterocycles. The van der Waals surface area contributed by atoms with Crippen LogP contribution in [0.1, 0.15) is 13.8 Å². The number of amides is 1. The number of hydrogen-bond donors (Lipinski definition) is 2. The Morgan fingerprint density at radius 1 is 1.19 bits per heavy atom. The minimum atomic E-state index is 0.0713. The zero-order chi connectivity index (χ0) is 15.4. The number of nitrogens with two attached hydrogens (primary N) is 1. The summed E-state index contributed by atoms with van der Waals surface area (Å²) in [4.78, 5) is 16.2. The first-order valence-electron chi connectivity index (χ1n) is 7.17. The van der Waals surface area contributed by atoms with Crippen LogP contribution in [-0.4, -0.2) is 42.1 Å². The molecule has 0 unspecified atom stereocenters. The molecule has 1 aliphatic rings. The quantitative estimate of drug-likeness (QED) is 0.832. The van der Waals surface area contributed by atoms with Crippen molar-refractivity contribution in [1.29, 1.82) is 0 Å². The van der Waals surface area contributed by atoms with Gasteiger partial charge >= 0.3 is 0 Å². The molecule has 1 aromatic rings. The second kappa shape index (κ2) is 6.76. The third kappa shape index (κ3) is 4.07. The molecule has 114 valence electrons.